The number of carboxylic acids is 2. The second-order valence-electron chi connectivity index (χ2n) is 7.37. The highest BCUT2D eigenvalue weighted by Crippen LogP contribution is 2.36. The Bertz CT molecular complexity index is 331. The van der Waals surface area contributed by atoms with Crippen LogP contribution in [-0.4, -0.2) is 22.2 Å². The van der Waals surface area contributed by atoms with E-state index in [1.807, 2.05) is 0 Å². The van der Waals surface area contributed by atoms with E-state index < -0.39 is 23.8 Å². The molecule has 0 spiro atoms. The molecule has 2 saturated carbocycles. The van der Waals surface area contributed by atoms with Gasteiger partial charge in [0.15, 0.2) is 0 Å². The predicted octanol–water partition coefficient (Wildman–Crippen LogP) is 4.33. The Labute approximate surface area is 133 Å². The Balaban J connectivity index is 2.00. The molecule has 2 unspecified atom stereocenters. The van der Waals surface area contributed by atoms with E-state index >= 15 is 0 Å². The number of hydrogen-bond donors (Lipinski definition) is 2. The van der Waals surface area contributed by atoms with Crippen LogP contribution in [0.1, 0.15) is 77.0 Å². The average molecular weight is 310 g/mol. The summed E-state index contributed by atoms with van der Waals surface area (Å²) in [6.45, 7) is 0. The molecule has 0 bridgehead atoms. The van der Waals surface area contributed by atoms with Gasteiger partial charge in [-0.05, 0) is 24.7 Å². The van der Waals surface area contributed by atoms with Gasteiger partial charge in [-0.15, -0.1) is 0 Å². The molecule has 0 heterocycles. The van der Waals surface area contributed by atoms with Crippen LogP contribution in [-0.2, 0) is 9.59 Å². The zero-order valence-corrected chi connectivity index (χ0v) is 13.5. The van der Waals surface area contributed by atoms with Gasteiger partial charge in [-0.25, -0.2) is 0 Å². The van der Waals surface area contributed by atoms with Gasteiger partial charge >= 0.3 is 11.9 Å². The van der Waals surface area contributed by atoms with Crippen molar-refractivity contribution >= 4 is 11.9 Å². The van der Waals surface area contributed by atoms with Crippen molar-refractivity contribution in [2.24, 2.45) is 23.7 Å². The lowest BCUT2D eigenvalue weighted by molar-refractivity contribution is -0.155. The van der Waals surface area contributed by atoms with Crippen LogP contribution in [0.2, 0.25) is 0 Å². The van der Waals surface area contributed by atoms with Crippen molar-refractivity contribution in [2.45, 2.75) is 77.0 Å². The van der Waals surface area contributed by atoms with E-state index in [9.17, 15) is 19.8 Å². The standard InChI is InChI=1S/C18H30O4/c19-17(20)15(11-13-7-3-1-4-8-13)16(18(21)22)12-14-9-5-2-6-10-14/h13-16H,1-12H2,(H,19,20)(H,21,22). The van der Waals surface area contributed by atoms with Crippen LogP contribution < -0.4 is 0 Å². The molecule has 4 heteroatoms. The van der Waals surface area contributed by atoms with E-state index in [0.29, 0.717) is 24.7 Å². The highest BCUT2D eigenvalue weighted by Gasteiger charge is 2.37. The Morgan fingerprint density at radius 1 is 0.682 bits per heavy atom. The molecule has 0 radical (unpaired) electrons. The fraction of sp³-hybridized carbons (Fsp3) is 0.889. The third kappa shape index (κ3) is 4.99. The van der Waals surface area contributed by atoms with Gasteiger partial charge in [0.1, 0.15) is 0 Å². The van der Waals surface area contributed by atoms with Gasteiger partial charge < -0.3 is 10.2 Å². The molecule has 0 aromatic heterocycles. The quantitative estimate of drug-likeness (QED) is 0.734. The van der Waals surface area contributed by atoms with Crippen LogP contribution in [0.15, 0.2) is 0 Å². The van der Waals surface area contributed by atoms with Crippen LogP contribution in [0.4, 0.5) is 0 Å². The molecule has 0 aromatic rings. The predicted molar refractivity (Wildman–Crippen MR) is 84.6 cm³/mol. The first-order valence-corrected chi connectivity index (χ1v) is 9.03. The third-order valence-corrected chi connectivity index (χ3v) is 5.74. The van der Waals surface area contributed by atoms with E-state index in [2.05, 4.69) is 0 Å². The van der Waals surface area contributed by atoms with E-state index in [-0.39, 0.29) is 0 Å². The van der Waals surface area contributed by atoms with Crippen molar-refractivity contribution in [1.29, 1.82) is 0 Å². The monoisotopic (exact) mass is 310 g/mol. The van der Waals surface area contributed by atoms with Crippen LogP contribution in [0.25, 0.3) is 0 Å². The molecule has 126 valence electrons. The van der Waals surface area contributed by atoms with Crippen molar-refractivity contribution in [3.63, 3.8) is 0 Å². The van der Waals surface area contributed by atoms with E-state index in [1.165, 1.54) is 12.8 Å². The molecule has 4 nitrogen and oxygen atoms in total. The van der Waals surface area contributed by atoms with Crippen molar-refractivity contribution in [1.82, 2.24) is 0 Å². The Kier molecular flexibility index (Phi) is 6.71. The summed E-state index contributed by atoms with van der Waals surface area (Å²) in [5.74, 6) is -2.42. The summed E-state index contributed by atoms with van der Waals surface area (Å²) in [5, 5.41) is 19.2. The molecule has 2 atom stereocenters. The van der Waals surface area contributed by atoms with Crippen molar-refractivity contribution in [2.75, 3.05) is 0 Å². The Morgan fingerprint density at radius 3 is 1.27 bits per heavy atom. The largest absolute Gasteiger partial charge is 0.481 e. The minimum absolute atomic E-state index is 0.406. The summed E-state index contributed by atoms with van der Waals surface area (Å²) < 4.78 is 0. The molecule has 2 fully saturated rings. The maximum Gasteiger partial charge on any atom is 0.307 e. The molecule has 0 aromatic carbocycles. The summed E-state index contributed by atoms with van der Waals surface area (Å²) in [4.78, 5) is 23.4. The van der Waals surface area contributed by atoms with Gasteiger partial charge in [-0.3, -0.25) is 9.59 Å². The zero-order chi connectivity index (χ0) is 15.9. The first kappa shape index (κ1) is 17.3. The number of aliphatic carboxylic acids is 2. The number of hydrogen-bond acceptors (Lipinski definition) is 2. The average Bonchev–Trinajstić information content (AvgIpc) is 2.52. The lowest BCUT2D eigenvalue weighted by Crippen LogP contribution is -2.33. The molecular formula is C18H30O4. The number of rotatable bonds is 7. The maximum atomic E-state index is 11.7. The second-order valence-corrected chi connectivity index (χ2v) is 7.37. The molecule has 2 aliphatic rings. The van der Waals surface area contributed by atoms with Crippen LogP contribution in [0.5, 0.6) is 0 Å². The first-order valence-electron chi connectivity index (χ1n) is 9.03. The summed E-state index contributed by atoms with van der Waals surface area (Å²) in [7, 11) is 0. The topological polar surface area (TPSA) is 74.6 Å². The summed E-state index contributed by atoms with van der Waals surface area (Å²) in [6, 6.07) is 0. The van der Waals surface area contributed by atoms with E-state index in [0.717, 1.165) is 51.4 Å². The highest BCUT2D eigenvalue weighted by molar-refractivity contribution is 5.80. The molecule has 0 saturated heterocycles. The smallest absolute Gasteiger partial charge is 0.307 e. The van der Waals surface area contributed by atoms with Gasteiger partial charge in [0, 0.05) is 0 Å². The normalized spacial score (nSPS) is 23.8. The lowest BCUT2D eigenvalue weighted by atomic mass is 9.74. The van der Waals surface area contributed by atoms with Crippen LogP contribution in [0.3, 0.4) is 0 Å². The first-order chi connectivity index (χ1) is 10.6. The SMILES string of the molecule is O=C(O)C(CC1CCCCC1)C(CC1CCCCC1)C(=O)O. The summed E-state index contributed by atoms with van der Waals surface area (Å²) in [5.41, 5.74) is 0. The van der Waals surface area contributed by atoms with E-state index in [1.54, 1.807) is 0 Å². The number of carbonyl (C=O) groups is 2. The molecule has 0 amide bonds. The Hall–Kier alpha value is -1.06. The number of carboxylic acid groups (broad SMARTS) is 2. The van der Waals surface area contributed by atoms with Crippen molar-refractivity contribution in [3.05, 3.63) is 0 Å². The van der Waals surface area contributed by atoms with Gasteiger partial charge in [0.25, 0.3) is 0 Å². The molecular weight excluding hydrogens is 280 g/mol. The minimum atomic E-state index is -0.909. The van der Waals surface area contributed by atoms with Crippen molar-refractivity contribution in [3.8, 4) is 0 Å². The fourth-order valence-corrected chi connectivity index (χ4v) is 4.44. The molecule has 0 aliphatic heterocycles. The maximum absolute atomic E-state index is 11.7. The summed E-state index contributed by atoms with van der Waals surface area (Å²) in [6.07, 6.45) is 12.5. The minimum Gasteiger partial charge on any atom is -0.481 e. The van der Waals surface area contributed by atoms with Gasteiger partial charge in [0.05, 0.1) is 11.8 Å². The lowest BCUT2D eigenvalue weighted by Gasteiger charge is -2.30. The highest BCUT2D eigenvalue weighted by atomic mass is 16.4. The molecule has 2 rings (SSSR count). The van der Waals surface area contributed by atoms with Gasteiger partial charge in [-0.2, -0.15) is 0 Å². The van der Waals surface area contributed by atoms with E-state index in [4.69, 9.17) is 0 Å². The van der Waals surface area contributed by atoms with Crippen LogP contribution in [0, 0.1) is 23.7 Å². The van der Waals surface area contributed by atoms with Gasteiger partial charge in [-0.1, -0.05) is 64.2 Å². The summed E-state index contributed by atoms with van der Waals surface area (Å²) >= 11 is 0. The zero-order valence-electron chi connectivity index (χ0n) is 13.5. The molecule has 2 aliphatic carbocycles. The van der Waals surface area contributed by atoms with Crippen LogP contribution >= 0.6 is 0 Å². The third-order valence-electron chi connectivity index (χ3n) is 5.74. The molecule has 22 heavy (non-hydrogen) atoms. The van der Waals surface area contributed by atoms with Crippen molar-refractivity contribution < 1.29 is 19.8 Å². The van der Waals surface area contributed by atoms with Gasteiger partial charge in [0.2, 0.25) is 0 Å². The fourth-order valence-electron chi connectivity index (χ4n) is 4.44. The molecule has 2 N–H and O–H groups in total. The second kappa shape index (κ2) is 8.54. The Morgan fingerprint density at radius 2 is 1.00 bits per heavy atom.